The van der Waals surface area contributed by atoms with Crippen molar-refractivity contribution in [2.24, 2.45) is 5.73 Å². The number of amides is 1. The third-order valence-corrected chi connectivity index (χ3v) is 5.96. The number of fused-ring (bicyclic) bond motifs is 3. The van der Waals surface area contributed by atoms with Crippen LogP contribution in [0.2, 0.25) is 0 Å². The van der Waals surface area contributed by atoms with Crippen molar-refractivity contribution >= 4 is 11.9 Å². The summed E-state index contributed by atoms with van der Waals surface area (Å²) in [6, 6.07) is 7.96. The summed E-state index contributed by atoms with van der Waals surface area (Å²) >= 11 is 0. The minimum atomic E-state index is -0.527. The van der Waals surface area contributed by atoms with E-state index < -0.39 is 5.91 Å². The molecule has 8 nitrogen and oxygen atoms in total. The fourth-order valence-electron chi connectivity index (χ4n) is 4.42. The molecule has 0 bridgehead atoms. The summed E-state index contributed by atoms with van der Waals surface area (Å²) in [4.78, 5) is 21.5. The van der Waals surface area contributed by atoms with Crippen LogP contribution in [0.4, 0.5) is 5.95 Å². The van der Waals surface area contributed by atoms with Gasteiger partial charge in [0.25, 0.3) is 5.91 Å². The van der Waals surface area contributed by atoms with Crippen molar-refractivity contribution in [3.63, 3.8) is 0 Å². The van der Waals surface area contributed by atoms with Crippen molar-refractivity contribution in [1.82, 2.24) is 19.7 Å². The number of hydrogen-bond donors (Lipinski definition) is 2. The number of hydrogen-bond acceptors (Lipinski definition) is 6. The van der Waals surface area contributed by atoms with Crippen LogP contribution in [0.1, 0.15) is 47.3 Å². The molecule has 0 saturated heterocycles. The first-order valence-corrected chi connectivity index (χ1v) is 10.3. The number of nitrogens with one attached hydrogen (secondary N) is 1. The highest BCUT2D eigenvalue weighted by atomic mass is 16.5. The lowest BCUT2D eigenvalue weighted by atomic mass is 9.93. The zero-order valence-corrected chi connectivity index (χ0v) is 16.9. The Morgan fingerprint density at radius 2 is 1.97 bits per heavy atom. The van der Waals surface area contributed by atoms with Crippen LogP contribution in [0.3, 0.4) is 0 Å². The molecule has 2 heterocycles. The third-order valence-electron chi connectivity index (χ3n) is 5.96. The van der Waals surface area contributed by atoms with E-state index in [1.165, 1.54) is 12.8 Å². The topological polar surface area (TPSA) is 108 Å². The number of primary amides is 1. The van der Waals surface area contributed by atoms with Crippen molar-refractivity contribution in [2.45, 2.75) is 44.6 Å². The van der Waals surface area contributed by atoms with Gasteiger partial charge in [0.1, 0.15) is 5.75 Å². The molecule has 2 aliphatic rings. The molecule has 3 aromatic rings. The van der Waals surface area contributed by atoms with E-state index in [2.05, 4.69) is 15.4 Å². The van der Waals surface area contributed by atoms with Crippen LogP contribution in [0.5, 0.6) is 5.75 Å². The number of aryl methyl sites for hydroxylation is 1. The van der Waals surface area contributed by atoms with Gasteiger partial charge >= 0.3 is 0 Å². The number of carbonyl (C=O) groups is 1. The summed E-state index contributed by atoms with van der Waals surface area (Å²) in [6.45, 7) is 0. The van der Waals surface area contributed by atoms with Crippen LogP contribution >= 0.6 is 0 Å². The monoisotopic (exact) mass is 404 g/mol. The van der Waals surface area contributed by atoms with Crippen molar-refractivity contribution in [2.75, 3.05) is 12.4 Å². The van der Waals surface area contributed by atoms with Gasteiger partial charge in [0.05, 0.1) is 24.2 Å². The molecule has 30 heavy (non-hydrogen) atoms. The molecule has 0 atom stereocenters. The maximum Gasteiger partial charge on any atom is 0.269 e. The fraction of sp³-hybridized carbons (Fsp3) is 0.364. The fourth-order valence-corrected chi connectivity index (χ4v) is 4.42. The van der Waals surface area contributed by atoms with E-state index >= 15 is 0 Å². The predicted molar refractivity (Wildman–Crippen MR) is 113 cm³/mol. The molecule has 3 N–H and O–H groups in total. The highest BCUT2D eigenvalue weighted by molar-refractivity contribution is 5.95. The largest absolute Gasteiger partial charge is 0.497 e. The first-order valence-electron chi connectivity index (χ1n) is 10.3. The van der Waals surface area contributed by atoms with Gasteiger partial charge in [-0.3, -0.25) is 4.79 Å². The molecule has 0 aliphatic heterocycles. The van der Waals surface area contributed by atoms with Crippen LogP contribution in [0.25, 0.3) is 17.1 Å². The number of ether oxygens (including phenoxy) is 1. The average Bonchev–Trinajstić information content (AvgIpc) is 3.41. The number of nitrogens with zero attached hydrogens (tertiary/aromatic N) is 4. The van der Waals surface area contributed by atoms with E-state index in [1.54, 1.807) is 11.8 Å². The van der Waals surface area contributed by atoms with Gasteiger partial charge in [-0.05, 0) is 55.5 Å². The molecule has 0 unspecified atom stereocenters. The minimum Gasteiger partial charge on any atom is -0.497 e. The van der Waals surface area contributed by atoms with Crippen LogP contribution in [-0.2, 0) is 12.8 Å². The number of aromatic nitrogens is 4. The molecule has 1 fully saturated rings. The maximum absolute atomic E-state index is 12.1. The smallest absolute Gasteiger partial charge is 0.269 e. The third kappa shape index (κ3) is 3.18. The van der Waals surface area contributed by atoms with Gasteiger partial charge in [-0.25, -0.2) is 14.6 Å². The Kier molecular flexibility index (Phi) is 4.61. The first kappa shape index (κ1) is 18.6. The lowest BCUT2D eigenvalue weighted by Gasteiger charge is -2.19. The molecule has 2 aliphatic carbocycles. The van der Waals surface area contributed by atoms with Crippen LogP contribution < -0.4 is 15.8 Å². The zero-order valence-electron chi connectivity index (χ0n) is 16.9. The Morgan fingerprint density at radius 1 is 1.20 bits per heavy atom. The summed E-state index contributed by atoms with van der Waals surface area (Å²) in [7, 11) is 1.63. The number of nitrogens with two attached hydrogens (primary N) is 1. The van der Waals surface area contributed by atoms with E-state index in [1.807, 2.05) is 30.5 Å². The van der Waals surface area contributed by atoms with E-state index in [4.69, 9.17) is 15.5 Å². The summed E-state index contributed by atoms with van der Waals surface area (Å²) < 4.78 is 7.03. The van der Waals surface area contributed by atoms with Gasteiger partial charge in [-0.1, -0.05) is 12.8 Å². The molecule has 8 heteroatoms. The summed E-state index contributed by atoms with van der Waals surface area (Å²) in [5.74, 6) is 0.845. The lowest BCUT2D eigenvalue weighted by Crippen LogP contribution is -2.19. The molecular formula is C22H24N6O2. The number of rotatable bonds is 5. The van der Waals surface area contributed by atoms with Gasteiger partial charge < -0.3 is 15.8 Å². The first-order chi connectivity index (χ1) is 14.6. The Bertz CT molecular complexity index is 1100. The Balaban J connectivity index is 1.63. The van der Waals surface area contributed by atoms with Crippen molar-refractivity contribution in [3.8, 4) is 22.8 Å². The van der Waals surface area contributed by atoms with Gasteiger partial charge in [-0.15, -0.1) is 0 Å². The standard InChI is InChI=1S/C22H24N6O2/c1-30-16-9-7-15(8-10-16)28-20-17(19(27-28)21(23)29)11-6-13-12-24-22(26-18(13)20)25-14-4-2-3-5-14/h7-10,12,14H,2-6,11H2,1H3,(H2,23,29)(H,24,25,26). The van der Waals surface area contributed by atoms with E-state index in [9.17, 15) is 4.79 Å². The number of methoxy groups -OCH3 is 1. The molecule has 1 amide bonds. The molecular weight excluding hydrogens is 380 g/mol. The highest BCUT2D eigenvalue weighted by Crippen LogP contribution is 2.36. The van der Waals surface area contributed by atoms with Gasteiger partial charge in [0.15, 0.2) is 5.69 Å². The van der Waals surface area contributed by atoms with Crippen LogP contribution in [0, 0.1) is 0 Å². The number of benzene rings is 1. The summed E-state index contributed by atoms with van der Waals surface area (Å²) in [6.07, 6.45) is 8.06. The zero-order chi connectivity index (χ0) is 20.7. The Hall–Kier alpha value is -3.42. The molecule has 0 radical (unpaired) electrons. The second kappa shape index (κ2) is 7.44. The van der Waals surface area contributed by atoms with Crippen molar-refractivity contribution in [3.05, 3.63) is 47.3 Å². The summed E-state index contributed by atoms with van der Waals surface area (Å²) in [5.41, 5.74) is 10.3. The summed E-state index contributed by atoms with van der Waals surface area (Å²) in [5, 5.41) is 8.04. The SMILES string of the molecule is COc1ccc(-n2nc(C(N)=O)c3c2-c2nc(NC4CCCC4)ncc2CC3)cc1. The van der Waals surface area contributed by atoms with E-state index in [-0.39, 0.29) is 0 Å². The molecule has 2 aromatic heterocycles. The average molecular weight is 404 g/mol. The highest BCUT2D eigenvalue weighted by Gasteiger charge is 2.30. The molecule has 0 spiro atoms. The lowest BCUT2D eigenvalue weighted by molar-refractivity contribution is 0.0994. The second-order valence-electron chi connectivity index (χ2n) is 7.84. The predicted octanol–water partition coefficient (Wildman–Crippen LogP) is 2.89. The van der Waals surface area contributed by atoms with Gasteiger partial charge in [0, 0.05) is 17.8 Å². The second-order valence-corrected chi connectivity index (χ2v) is 7.84. The maximum atomic E-state index is 12.1. The van der Waals surface area contributed by atoms with Crippen LogP contribution in [-0.4, -0.2) is 38.8 Å². The van der Waals surface area contributed by atoms with Gasteiger partial charge in [-0.2, -0.15) is 5.10 Å². The Morgan fingerprint density at radius 3 is 2.67 bits per heavy atom. The van der Waals surface area contributed by atoms with E-state index in [0.29, 0.717) is 24.1 Å². The van der Waals surface area contributed by atoms with Gasteiger partial charge in [0.2, 0.25) is 5.95 Å². The molecule has 5 rings (SSSR count). The number of anilines is 1. The molecule has 1 saturated carbocycles. The van der Waals surface area contributed by atoms with E-state index in [0.717, 1.165) is 53.2 Å². The number of carbonyl (C=O) groups excluding carboxylic acids is 1. The van der Waals surface area contributed by atoms with Crippen LogP contribution in [0.15, 0.2) is 30.5 Å². The Labute approximate surface area is 174 Å². The quantitative estimate of drug-likeness (QED) is 0.677. The minimum absolute atomic E-state index is 0.301. The van der Waals surface area contributed by atoms with Crippen molar-refractivity contribution in [1.29, 1.82) is 0 Å². The van der Waals surface area contributed by atoms with Crippen molar-refractivity contribution < 1.29 is 9.53 Å². The molecule has 1 aromatic carbocycles. The molecule has 154 valence electrons. The normalized spacial score (nSPS) is 15.5.